The standard InChI is InChI=1S/C14H13F2NO3S/c15-11-7-12(16)9-13(8-11)17-21(19,20)14-3-1-10(2-4-14)5-6-18/h1-4,7-9,17-18H,5-6H2. The summed E-state index contributed by atoms with van der Waals surface area (Å²) in [6, 6.07) is 8.29. The topological polar surface area (TPSA) is 66.4 Å². The van der Waals surface area contributed by atoms with Crippen molar-refractivity contribution < 1.29 is 22.3 Å². The second-order valence-corrected chi connectivity index (χ2v) is 6.06. The van der Waals surface area contributed by atoms with E-state index in [1.165, 1.54) is 12.1 Å². The molecule has 0 heterocycles. The van der Waals surface area contributed by atoms with Gasteiger partial charge in [-0.2, -0.15) is 0 Å². The van der Waals surface area contributed by atoms with Crippen molar-refractivity contribution in [2.75, 3.05) is 11.3 Å². The quantitative estimate of drug-likeness (QED) is 0.890. The van der Waals surface area contributed by atoms with Crippen LogP contribution in [0.4, 0.5) is 14.5 Å². The van der Waals surface area contributed by atoms with Crippen LogP contribution < -0.4 is 4.72 Å². The van der Waals surface area contributed by atoms with Gasteiger partial charge in [-0.05, 0) is 36.2 Å². The molecular weight excluding hydrogens is 300 g/mol. The maximum Gasteiger partial charge on any atom is 0.261 e. The summed E-state index contributed by atoms with van der Waals surface area (Å²) in [5.74, 6) is -1.74. The van der Waals surface area contributed by atoms with E-state index in [4.69, 9.17) is 5.11 Å². The van der Waals surface area contributed by atoms with E-state index in [1.807, 2.05) is 0 Å². The Balaban J connectivity index is 2.25. The molecule has 2 aromatic rings. The molecule has 21 heavy (non-hydrogen) atoms. The predicted octanol–water partition coefficient (Wildman–Crippen LogP) is 2.30. The van der Waals surface area contributed by atoms with Gasteiger partial charge in [0.2, 0.25) is 0 Å². The summed E-state index contributed by atoms with van der Waals surface area (Å²) in [5.41, 5.74) is 0.597. The lowest BCUT2D eigenvalue weighted by atomic mass is 10.2. The number of aliphatic hydroxyl groups excluding tert-OH is 1. The van der Waals surface area contributed by atoms with E-state index < -0.39 is 21.7 Å². The van der Waals surface area contributed by atoms with Crippen LogP contribution in [-0.4, -0.2) is 20.1 Å². The molecule has 0 saturated carbocycles. The van der Waals surface area contributed by atoms with Crippen LogP contribution in [0.25, 0.3) is 0 Å². The van der Waals surface area contributed by atoms with Crippen LogP contribution in [-0.2, 0) is 16.4 Å². The first kappa shape index (κ1) is 15.4. The van der Waals surface area contributed by atoms with Gasteiger partial charge in [0.05, 0.1) is 10.6 Å². The SMILES string of the molecule is O=S(=O)(Nc1cc(F)cc(F)c1)c1ccc(CCO)cc1. The fraction of sp³-hybridized carbons (Fsp3) is 0.143. The van der Waals surface area contributed by atoms with Gasteiger partial charge in [0.25, 0.3) is 10.0 Å². The Morgan fingerprint density at radius 2 is 1.57 bits per heavy atom. The average molecular weight is 313 g/mol. The summed E-state index contributed by atoms with van der Waals surface area (Å²) in [4.78, 5) is -0.0335. The lowest BCUT2D eigenvalue weighted by Gasteiger charge is -2.09. The summed E-state index contributed by atoms with van der Waals surface area (Å²) >= 11 is 0. The zero-order chi connectivity index (χ0) is 15.5. The Morgan fingerprint density at radius 3 is 2.10 bits per heavy atom. The Labute approximate surface area is 121 Å². The molecule has 2 rings (SSSR count). The Bertz CT molecular complexity index is 710. The van der Waals surface area contributed by atoms with E-state index in [1.54, 1.807) is 12.1 Å². The van der Waals surface area contributed by atoms with Crippen LogP contribution in [0.3, 0.4) is 0 Å². The van der Waals surface area contributed by atoms with E-state index in [9.17, 15) is 17.2 Å². The van der Waals surface area contributed by atoms with Crippen LogP contribution in [0.5, 0.6) is 0 Å². The number of rotatable bonds is 5. The normalized spacial score (nSPS) is 11.4. The number of benzene rings is 2. The molecule has 2 aromatic carbocycles. The van der Waals surface area contributed by atoms with E-state index in [2.05, 4.69) is 4.72 Å². The molecule has 0 atom stereocenters. The van der Waals surface area contributed by atoms with Gasteiger partial charge in [0, 0.05) is 12.7 Å². The van der Waals surface area contributed by atoms with Gasteiger partial charge < -0.3 is 5.11 Å². The number of hydrogen-bond donors (Lipinski definition) is 2. The molecule has 0 aliphatic heterocycles. The van der Waals surface area contributed by atoms with Crippen molar-refractivity contribution in [2.24, 2.45) is 0 Å². The molecule has 0 aliphatic carbocycles. The van der Waals surface area contributed by atoms with Crippen molar-refractivity contribution in [1.29, 1.82) is 0 Å². The summed E-state index contributed by atoms with van der Waals surface area (Å²) in [7, 11) is -3.92. The molecule has 0 fully saturated rings. The highest BCUT2D eigenvalue weighted by Crippen LogP contribution is 2.19. The molecule has 0 bridgehead atoms. The third kappa shape index (κ3) is 3.99. The highest BCUT2D eigenvalue weighted by molar-refractivity contribution is 7.92. The maximum absolute atomic E-state index is 13.0. The van der Waals surface area contributed by atoms with E-state index in [0.29, 0.717) is 12.5 Å². The third-order valence-corrected chi connectivity index (χ3v) is 4.15. The van der Waals surface area contributed by atoms with Crippen molar-refractivity contribution >= 4 is 15.7 Å². The van der Waals surface area contributed by atoms with Gasteiger partial charge in [-0.25, -0.2) is 17.2 Å². The zero-order valence-corrected chi connectivity index (χ0v) is 11.7. The molecule has 0 aliphatic rings. The number of sulfonamides is 1. The van der Waals surface area contributed by atoms with Crippen molar-refractivity contribution in [3.8, 4) is 0 Å². The van der Waals surface area contributed by atoms with Gasteiger partial charge in [-0.15, -0.1) is 0 Å². The minimum absolute atomic E-state index is 0.0335. The molecule has 2 N–H and O–H groups in total. The summed E-state index contributed by atoms with van der Waals surface area (Å²) in [6.45, 7) is -0.0348. The molecule has 7 heteroatoms. The van der Waals surface area contributed by atoms with Gasteiger partial charge >= 0.3 is 0 Å². The highest BCUT2D eigenvalue weighted by atomic mass is 32.2. The van der Waals surface area contributed by atoms with Crippen LogP contribution in [0.2, 0.25) is 0 Å². The lowest BCUT2D eigenvalue weighted by molar-refractivity contribution is 0.299. The summed E-state index contributed by atoms with van der Waals surface area (Å²) in [5, 5.41) is 8.79. The van der Waals surface area contributed by atoms with Crippen LogP contribution in [0.1, 0.15) is 5.56 Å². The zero-order valence-electron chi connectivity index (χ0n) is 10.9. The second-order valence-electron chi connectivity index (χ2n) is 4.38. The Kier molecular flexibility index (Phi) is 4.54. The van der Waals surface area contributed by atoms with Gasteiger partial charge in [-0.1, -0.05) is 12.1 Å². The van der Waals surface area contributed by atoms with Crippen LogP contribution in [0.15, 0.2) is 47.4 Å². The van der Waals surface area contributed by atoms with E-state index in [-0.39, 0.29) is 17.2 Å². The highest BCUT2D eigenvalue weighted by Gasteiger charge is 2.15. The Morgan fingerprint density at radius 1 is 1.00 bits per heavy atom. The van der Waals surface area contributed by atoms with E-state index >= 15 is 0 Å². The number of halogens is 2. The van der Waals surface area contributed by atoms with Crippen molar-refractivity contribution in [1.82, 2.24) is 0 Å². The third-order valence-electron chi connectivity index (χ3n) is 2.75. The summed E-state index contributed by atoms with van der Waals surface area (Å²) in [6.07, 6.45) is 0.420. The Hall–Kier alpha value is -1.99. The largest absolute Gasteiger partial charge is 0.396 e. The number of aliphatic hydroxyl groups is 1. The first-order valence-corrected chi connectivity index (χ1v) is 7.58. The fourth-order valence-electron chi connectivity index (χ4n) is 1.79. The number of anilines is 1. The predicted molar refractivity (Wildman–Crippen MR) is 74.4 cm³/mol. The summed E-state index contributed by atoms with van der Waals surface area (Å²) < 4.78 is 52.4. The van der Waals surface area contributed by atoms with Gasteiger partial charge in [0.1, 0.15) is 11.6 Å². The van der Waals surface area contributed by atoms with Gasteiger partial charge in [0.15, 0.2) is 0 Å². The van der Waals surface area contributed by atoms with Crippen LogP contribution in [0, 0.1) is 11.6 Å². The molecule has 0 unspecified atom stereocenters. The monoisotopic (exact) mass is 313 g/mol. The number of nitrogens with one attached hydrogen (secondary N) is 1. The lowest BCUT2D eigenvalue weighted by Crippen LogP contribution is -2.13. The average Bonchev–Trinajstić information content (AvgIpc) is 2.38. The van der Waals surface area contributed by atoms with Gasteiger partial charge in [-0.3, -0.25) is 4.72 Å². The minimum Gasteiger partial charge on any atom is -0.396 e. The molecular formula is C14H13F2NO3S. The molecule has 0 saturated heterocycles. The second kappa shape index (κ2) is 6.19. The van der Waals surface area contributed by atoms with Crippen molar-refractivity contribution in [2.45, 2.75) is 11.3 Å². The first-order valence-electron chi connectivity index (χ1n) is 6.09. The number of hydrogen-bond acceptors (Lipinski definition) is 3. The maximum atomic E-state index is 13.0. The van der Waals surface area contributed by atoms with Crippen molar-refractivity contribution in [3.63, 3.8) is 0 Å². The smallest absolute Gasteiger partial charge is 0.261 e. The van der Waals surface area contributed by atoms with Crippen LogP contribution >= 0.6 is 0 Å². The molecule has 112 valence electrons. The minimum atomic E-state index is -3.92. The van der Waals surface area contributed by atoms with Crippen molar-refractivity contribution in [3.05, 3.63) is 59.7 Å². The molecule has 0 aromatic heterocycles. The molecule has 4 nitrogen and oxygen atoms in total. The molecule has 0 amide bonds. The first-order chi connectivity index (χ1) is 9.90. The fourth-order valence-corrected chi connectivity index (χ4v) is 2.83. The molecule has 0 radical (unpaired) electrons. The van der Waals surface area contributed by atoms with E-state index in [0.717, 1.165) is 17.7 Å². The molecule has 0 spiro atoms.